The van der Waals surface area contributed by atoms with Crippen LogP contribution in [0.2, 0.25) is 0 Å². The number of hydrogen-bond acceptors (Lipinski definition) is 3. The van der Waals surface area contributed by atoms with Gasteiger partial charge >= 0.3 is 0 Å². The average molecular weight is 158 g/mol. The summed E-state index contributed by atoms with van der Waals surface area (Å²) in [6.07, 6.45) is 0. The molecule has 2 N–H and O–H groups in total. The molecule has 0 spiro atoms. The molecule has 0 bridgehead atoms. The van der Waals surface area contributed by atoms with Crippen LogP contribution in [-0.4, -0.2) is 10.4 Å². The van der Waals surface area contributed by atoms with Crippen LogP contribution in [0.25, 0.3) is 0 Å². The molecule has 1 rings (SSSR count). The van der Waals surface area contributed by atoms with E-state index in [1.54, 1.807) is 6.07 Å². The van der Waals surface area contributed by atoms with Crippen molar-refractivity contribution in [1.29, 1.82) is 0 Å². The van der Waals surface area contributed by atoms with Gasteiger partial charge in [0, 0.05) is 12.1 Å². The summed E-state index contributed by atoms with van der Waals surface area (Å²) in [5.74, 6) is 0. The lowest BCUT2D eigenvalue weighted by Gasteiger charge is -2.04. The largest absolute Gasteiger partial charge is 0.373 e. The minimum atomic E-state index is -0.0341. The van der Waals surface area contributed by atoms with E-state index >= 15 is 0 Å². The fourth-order valence-electron chi connectivity index (χ4n) is 0.639. The summed E-state index contributed by atoms with van der Waals surface area (Å²) in [5, 5.41) is 4.02. The SMILES string of the molecule is CC(C)Nc1cc(=O)[nH]s1. The highest BCUT2D eigenvalue weighted by molar-refractivity contribution is 7.10. The van der Waals surface area contributed by atoms with Crippen molar-refractivity contribution in [3.05, 3.63) is 16.4 Å². The molecule has 1 heterocycles. The minimum absolute atomic E-state index is 0.0341. The van der Waals surface area contributed by atoms with Crippen molar-refractivity contribution in [2.75, 3.05) is 5.32 Å². The molecule has 1 aromatic heterocycles. The predicted molar refractivity (Wildman–Crippen MR) is 43.7 cm³/mol. The number of hydrogen-bond donors (Lipinski definition) is 2. The third-order valence-corrected chi connectivity index (χ3v) is 1.71. The highest BCUT2D eigenvalue weighted by atomic mass is 32.1. The molecule has 0 saturated heterocycles. The molecule has 0 fully saturated rings. The summed E-state index contributed by atoms with van der Waals surface area (Å²) in [6.45, 7) is 4.06. The molecule has 0 aliphatic carbocycles. The fourth-order valence-corrected chi connectivity index (χ4v) is 1.37. The van der Waals surface area contributed by atoms with Crippen LogP contribution in [0.1, 0.15) is 13.8 Å². The summed E-state index contributed by atoms with van der Waals surface area (Å²) in [6, 6.07) is 1.94. The van der Waals surface area contributed by atoms with E-state index in [9.17, 15) is 4.79 Å². The maximum absolute atomic E-state index is 10.6. The quantitative estimate of drug-likeness (QED) is 0.680. The van der Waals surface area contributed by atoms with E-state index in [-0.39, 0.29) is 5.56 Å². The summed E-state index contributed by atoms with van der Waals surface area (Å²) in [4.78, 5) is 10.6. The van der Waals surface area contributed by atoms with Crippen LogP contribution in [0.4, 0.5) is 5.00 Å². The molecule has 10 heavy (non-hydrogen) atoms. The zero-order valence-corrected chi connectivity index (χ0v) is 6.79. The molecule has 0 atom stereocenters. The van der Waals surface area contributed by atoms with E-state index < -0.39 is 0 Å². The van der Waals surface area contributed by atoms with Crippen LogP contribution in [0.3, 0.4) is 0 Å². The zero-order chi connectivity index (χ0) is 7.56. The van der Waals surface area contributed by atoms with E-state index in [1.165, 1.54) is 11.5 Å². The Hall–Kier alpha value is -0.770. The van der Waals surface area contributed by atoms with Gasteiger partial charge in [-0.25, -0.2) is 0 Å². The maximum atomic E-state index is 10.6. The first-order valence-corrected chi connectivity index (χ1v) is 3.95. The second-order valence-electron chi connectivity index (χ2n) is 2.38. The molecule has 0 unspecified atom stereocenters. The summed E-state index contributed by atoms with van der Waals surface area (Å²) < 4.78 is 2.60. The Bertz CT molecular complexity index is 250. The second kappa shape index (κ2) is 2.88. The van der Waals surface area contributed by atoms with Gasteiger partial charge in [0.2, 0.25) is 0 Å². The molecule has 0 saturated carbocycles. The summed E-state index contributed by atoms with van der Waals surface area (Å²) >= 11 is 1.33. The van der Waals surface area contributed by atoms with E-state index in [0.29, 0.717) is 6.04 Å². The molecule has 0 radical (unpaired) electrons. The number of aromatic nitrogens is 1. The lowest BCUT2D eigenvalue weighted by Crippen LogP contribution is -2.08. The Morgan fingerprint density at radius 1 is 1.70 bits per heavy atom. The van der Waals surface area contributed by atoms with Crippen LogP contribution in [-0.2, 0) is 0 Å². The van der Waals surface area contributed by atoms with Gasteiger partial charge in [0.05, 0.1) is 0 Å². The Morgan fingerprint density at radius 3 is 2.80 bits per heavy atom. The van der Waals surface area contributed by atoms with E-state index in [2.05, 4.69) is 9.69 Å². The number of aromatic amines is 1. The molecule has 4 heteroatoms. The molecule has 3 nitrogen and oxygen atoms in total. The smallest absolute Gasteiger partial charge is 0.260 e. The van der Waals surface area contributed by atoms with Crippen molar-refractivity contribution in [2.24, 2.45) is 0 Å². The van der Waals surface area contributed by atoms with Gasteiger partial charge in [-0.3, -0.25) is 9.17 Å². The van der Waals surface area contributed by atoms with E-state index in [1.807, 2.05) is 13.8 Å². The lowest BCUT2D eigenvalue weighted by molar-refractivity contribution is 0.904. The minimum Gasteiger partial charge on any atom is -0.373 e. The third kappa shape index (κ3) is 1.88. The van der Waals surface area contributed by atoms with Crippen LogP contribution < -0.4 is 10.9 Å². The number of H-pyrrole nitrogens is 1. The molecular formula is C6H10N2OS. The second-order valence-corrected chi connectivity index (χ2v) is 3.22. The molecule has 0 aliphatic heterocycles. The normalized spacial score (nSPS) is 10.3. The Labute approximate surface area is 63.2 Å². The van der Waals surface area contributed by atoms with Gasteiger partial charge in [0.25, 0.3) is 5.56 Å². The predicted octanol–water partition coefficient (Wildman–Crippen LogP) is 1.26. The Balaban J connectivity index is 2.67. The van der Waals surface area contributed by atoms with Gasteiger partial charge < -0.3 is 5.32 Å². The van der Waals surface area contributed by atoms with Crippen molar-refractivity contribution in [2.45, 2.75) is 19.9 Å². The third-order valence-electron chi connectivity index (χ3n) is 0.955. The van der Waals surface area contributed by atoms with Crippen LogP contribution >= 0.6 is 11.5 Å². The number of anilines is 1. The van der Waals surface area contributed by atoms with Gasteiger partial charge in [0.1, 0.15) is 5.00 Å². The first-order chi connectivity index (χ1) is 4.68. The highest BCUT2D eigenvalue weighted by Crippen LogP contribution is 2.08. The van der Waals surface area contributed by atoms with Crippen molar-refractivity contribution in [1.82, 2.24) is 4.37 Å². The number of nitrogens with one attached hydrogen (secondary N) is 2. The maximum Gasteiger partial charge on any atom is 0.260 e. The molecular weight excluding hydrogens is 148 g/mol. The Morgan fingerprint density at radius 2 is 2.40 bits per heavy atom. The van der Waals surface area contributed by atoms with Crippen molar-refractivity contribution in [3.63, 3.8) is 0 Å². The number of rotatable bonds is 2. The fraction of sp³-hybridized carbons (Fsp3) is 0.500. The van der Waals surface area contributed by atoms with Gasteiger partial charge in [0.15, 0.2) is 0 Å². The molecule has 0 amide bonds. The molecule has 0 aromatic carbocycles. The molecule has 1 aromatic rings. The van der Waals surface area contributed by atoms with E-state index in [0.717, 1.165) is 5.00 Å². The van der Waals surface area contributed by atoms with Gasteiger partial charge in [-0.2, -0.15) is 0 Å². The van der Waals surface area contributed by atoms with Crippen molar-refractivity contribution in [3.8, 4) is 0 Å². The van der Waals surface area contributed by atoms with Gasteiger partial charge in [-0.05, 0) is 25.4 Å². The van der Waals surface area contributed by atoms with Crippen LogP contribution in [0, 0.1) is 0 Å². The first-order valence-electron chi connectivity index (χ1n) is 3.13. The molecule has 0 aliphatic rings. The molecule has 56 valence electrons. The lowest BCUT2D eigenvalue weighted by atomic mass is 10.4. The zero-order valence-electron chi connectivity index (χ0n) is 5.97. The van der Waals surface area contributed by atoms with Crippen LogP contribution in [0.15, 0.2) is 10.9 Å². The highest BCUT2D eigenvalue weighted by Gasteiger charge is 1.96. The van der Waals surface area contributed by atoms with Crippen molar-refractivity contribution < 1.29 is 0 Å². The monoisotopic (exact) mass is 158 g/mol. The Kier molecular flexibility index (Phi) is 2.11. The summed E-state index contributed by atoms with van der Waals surface area (Å²) in [5.41, 5.74) is -0.0341. The van der Waals surface area contributed by atoms with E-state index in [4.69, 9.17) is 0 Å². The standard InChI is InChI=1S/C6H10N2OS/c1-4(2)7-6-3-5(9)8-10-6/h3-4,7H,1-2H3,(H,8,9). The summed E-state index contributed by atoms with van der Waals surface area (Å²) in [7, 11) is 0. The van der Waals surface area contributed by atoms with Crippen LogP contribution in [0.5, 0.6) is 0 Å². The van der Waals surface area contributed by atoms with Gasteiger partial charge in [-0.15, -0.1) is 0 Å². The topological polar surface area (TPSA) is 44.9 Å². The first kappa shape index (κ1) is 7.34. The van der Waals surface area contributed by atoms with Crippen molar-refractivity contribution >= 4 is 16.5 Å². The van der Waals surface area contributed by atoms with Gasteiger partial charge in [-0.1, -0.05) is 0 Å². The average Bonchev–Trinajstić information content (AvgIpc) is 2.13.